The summed E-state index contributed by atoms with van der Waals surface area (Å²) in [6, 6.07) is -1.47. The minimum atomic E-state index is -1.68. The molecule has 0 saturated carbocycles. The highest BCUT2D eigenvalue weighted by Crippen LogP contribution is 2.30. The summed E-state index contributed by atoms with van der Waals surface area (Å²) in [4.78, 5) is 25.2. The number of aliphatic imine (C=N–C) groups is 1. The fourth-order valence-corrected chi connectivity index (χ4v) is 2.18. The molecule has 0 fully saturated rings. The Morgan fingerprint density at radius 2 is 2.04 bits per heavy atom. The highest BCUT2D eigenvalue weighted by molar-refractivity contribution is 6.01. The van der Waals surface area contributed by atoms with Crippen LogP contribution in [0.5, 0.6) is 0 Å². The van der Waals surface area contributed by atoms with Crippen LogP contribution < -0.4 is 15.5 Å². The molecule has 0 heterocycles. The van der Waals surface area contributed by atoms with E-state index < -0.39 is 43.3 Å². The minimum Gasteiger partial charge on any atom is -0.548 e. The van der Waals surface area contributed by atoms with Gasteiger partial charge in [0.1, 0.15) is 0 Å². The molecule has 0 saturated heterocycles. The maximum atomic E-state index is 10.9. The molecule has 4 N–H and O–H groups in total. The van der Waals surface area contributed by atoms with Crippen molar-refractivity contribution < 1.29 is 39.9 Å². The molecule has 10 nitrogen and oxygen atoms in total. The third-order valence-electron chi connectivity index (χ3n) is 3.25. The van der Waals surface area contributed by atoms with Crippen LogP contribution in [0.4, 0.5) is 0 Å². The summed E-state index contributed by atoms with van der Waals surface area (Å²) in [7, 11) is 1.25. The standard InChI is InChI=1S/C13H20N2O8/c1-23-11-7(14-4-10(18)19)2-13(22,6-17)3-8(11)15-9(5-16)12(20)21/h9,15-17,22H,2-6H2,1H3,(H,18,19)(H,20,21)/p-2/t9-,13-/m0/s1. The topological polar surface area (TPSA) is 175 Å². The van der Waals surface area contributed by atoms with Crippen molar-refractivity contribution in [3.63, 3.8) is 0 Å². The molecular formula is C13H18N2O8-2. The molecule has 0 aromatic rings. The van der Waals surface area contributed by atoms with Gasteiger partial charge in [-0.3, -0.25) is 4.99 Å². The molecule has 0 unspecified atom stereocenters. The first-order valence-electron chi connectivity index (χ1n) is 6.68. The molecule has 0 spiro atoms. The van der Waals surface area contributed by atoms with Crippen molar-refractivity contribution >= 4 is 17.7 Å². The van der Waals surface area contributed by atoms with Crippen molar-refractivity contribution in [1.82, 2.24) is 5.32 Å². The van der Waals surface area contributed by atoms with E-state index in [1.54, 1.807) is 0 Å². The number of hydrogen-bond acceptors (Lipinski definition) is 10. The van der Waals surface area contributed by atoms with Crippen LogP contribution in [0.25, 0.3) is 0 Å². The quantitative estimate of drug-likeness (QED) is 0.340. The normalized spacial score (nSPS) is 24.4. The average Bonchev–Trinajstić information content (AvgIpc) is 2.49. The van der Waals surface area contributed by atoms with Gasteiger partial charge in [-0.2, -0.15) is 0 Å². The Bertz CT molecular complexity index is 530. The van der Waals surface area contributed by atoms with E-state index >= 15 is 0 Å². The van der Waals surface area contributed by atoms with Crippen molar-refractivity contribution in [2.45, 2.75) is 24.5 Å². The highest BCUT2D eigenvalue weighted by atomic mass is 16.5. The number of carboxylic acid groups (broad SMARTS) is 2. The first kappa shape index (κ1) is 18.9. The average molecular weight is 330 g/mol. The molecule has 0 amide bonds. The van der Waals surface area contributed by atoms with Crippen LogP contribution in [0.3, 0.4) is 0 Å². The van der Waals surface area contributed by atoms with E-state index in [0.717, 1.165) is 0 Å². The molecule has 0 radical (unpaired) electrons. The predicted molar refractivity (Wildman–Crippen MR) is 71.6 cm³/mol. The number of rotatable bonds is 8. The van der Waals surface area contributed by atoms with Crippen molar-refractivity contribution in [2.24, 2.45) is 4.99 Å². The Balaban J connectivity index is 3.24. The Hall–Kier alpha value is -2.17. The smallest absolute Gasteiger partial charge is 0.158 e. The van der Waals surface area contributed by atoms with E-state index in [1.807, 2.05) is 0 Å². The lowest BCUT2D eigenvalue weighted by atomic mass is 9.85. The number of hydrogen-bond donors (Lipinski definition) is 4. The summed E-state index contributed by atoms with van der Waals surface area (Å²) in [5.41, 5.74) is -1.60. The number of carboxylic acids is 2. The second-order valence-corrected chi connectivity index (χ2v) is 5.08. The number of nitrogens with one attached hydrogen (secondary N) is 1. The number of ether oxygens (including phenoxy) is 1. The lowest BCUT2D eigenvalue weighted by molar-refractivity contribution is -0.309. The minimum absolute atomic E-state index is 0.0250. The Morgan fingerprint density at radius 1 is 1.39 bits per heavy atom. The highest BCUT2D eigenvalue weighted by Gasteiger charge is 2.38. The summed E-state index contributed by atoms with van der Waals surface area (Å²) >= 11 is 0. The van der Waals surface area contributed by atoms with E-state index in [-0.39, 0.29) is 30.0 Å². The third kappa shape index (κ3) is 4.91. The summed E-state index contributed by atoms with van der Waals surface area (Å²) in [6.07, 6.45) is -0.402. The molecule has 0 aromatic heterocycles. The number of allylic oxidation sites excluding steroid dienone is 1. The van der Waals surface area contributed by atoms with Crippen molar-refractivity contribution in [1.29, 1.82) is 0 Å². The van der Waals surface area contributed by atoms with Crippen LogP contribution in [0.2, 0.25) is 0 Å². The number of aliphatic hydroxyl groups is 3. The predicted octanol–water partition coefficient (Wildman–Crippen LogP) is -4.75. The van der Waals surface area contributed by atoms with Gasteiger partial charge in [0.15, 0.2) is 5.76 Å². The van der Waals surface area contributed by atoms with E-state index in [0.29, 0.717) is 0 Å². The fourth-order valence-electron chi connectivity index (χ4n) is 2.18. The Labute approximate surface area is 131 Å². The zero-order valence-corrected chi connectivity index (χ0v) is 12.4. The molecule has 2 atom stereocenters. The van der Waals surface area contributed by atoms with Gasteiger partial charge in [-0.15, -0.1) is 0 Å². The number of nitrogens with zero attached hydrogens (tertiary/aromatic N) is 1. The van der Waals surface area contributed by atoms with Crippen LogP contribution in [-0.2, 0) is 14.3 Å². The molecule has 23 heavy (non-hydrogen) atoms. The molecule has 1 aliphatic carbocycles. The second-order valence-electron chi connectivity index (χ2n) is 5.08. The molecule has 0 bridgehead atoms. The first-order valence-corrected chi connectivity index (χ1v) is 6.68. The van der Waals surface area contributed by atoms with Gasteiger partial charge in [0, 0.05) is 12.8 Å². The lowest BCUT2D eigenvalue weighted by Crippen LogP contribution is -2.51. The van der Waals surface area contributed by atoms with Crippen molar-refractivity contribution in [3.8, 4) is 0 Å². The van der Waals surface area contributed by atoms with E-state index in [4.69, 9.17) is 9.84 Å². The summed E-state index contributed by atoms with van der Waals surface area (Å²) < 4.78 is 5.10. The summed E-state index contributed by atoms with van der Waals surface area (Å²) in [5.74, 6) is -3.01. The van der Waals surface area contributed by atoms with Crippen LogP contribution in [-0.4, -0.2) is 71.5 Å². The molecule has 1 aliphatic rings. The van der Waals surface area contributed by atoms with E-state index in [1.165, 1.54) is 7.11 Å². The van der Waals surface area contributed by atoms with Gasteiger partial charge < -0.3 is 45.2 Å². The van der Waals surface area contributed by atoms with Gasteiger partial charge >= 0.3 is 0 Å². The molecule has 130 valence electrons. The lowest BCUT2D eigenvalue weighted by Gasteiger charge is -2.35. The second kappa shape index (κ2) is 7.90. The van der Waals surface area contributed by atoms with Crippen molar-refractivity contribution in [3.05, 3.63) is 11.5 Å². The van der Waals surface area contributed by atoms with Gasteiger partial charge in [-0.1, -0.05) is 0 Å². The zero-order valence-electron chi connectivity index (χ0n) is 12.4. The number of aliphatic carboxylic acids is 2. The number of aliphatic hydroxyl groups excluding tert-OH is 2. The van der Waals surface area contributed by atoms with Gasteiger partial charge in [0.05, 0.1) is 61.9 Å². The molecule has 1 rings (SSSR count). The van der Waals surface area contributed by atoms with E-state index in [2.05, 4.69) is 10.3 Å². The summed E-state index contributed by atoms with van der Waals surface area (Å²) in [6.45, 7) is -2.15. The maximum absolute atomic E-state index is 10.9. The zero-order chi connectivity index (χ0) is 17.6. The van der Waals surface area contributed by atoms with E-state index in [9.17, 15) is 30.0 Å². The van der Waals surface area contributed by atoms with Crippen LogP contribution in [0.1, 0.15) is 12.8 Å². The molecule has 10 heteroatoms. The van der Waals surface area contributed by atoms with Crippen LogP contribution in [0, 0.1) is 0 Å². The van der Waals surface area contributed by atoms with Crippen molar-refractivity contribution in [2.75, 3.05) is 26.9 Å². The van der Waals surface area contributed by atoms with Gasteiger partial charge in [-0.05, 0) is 0 Å². The SMILES string of the molecule is COC1=C(N[C@@H](CO)C(=O)[O-])C[C@](O)(CO)CC1=NCC(=O)[O-]. The molecule has 0 aromatic carbocycles. The number of carbonyl (C=O) groups is 2. The van der Waals surface area contributed by atoms with Crippen LogP contribution >= 0.6 is 0 Å². The Morgan fingerprint density at radius 3 is 2.48 bits per heavy atom. The molecular weight excluding hydrogens is 312 g/mol. The number of methoxy groups -OCH3 is 1. The molecule has 0 aliphatic heterocycles. The largest absolute Gasteiger partial charge is 0.548 e. The fraction of sp³-hybridized carbons (Fsp3) is 0.615. The monoisotopic (exact) mass is 330 g/mol. The number of carbonyl (C=O) groups excluding carboxylic acids is 2. The maximum Gasteiger partial charge on any atom is 0.158 e. The van der Waals surface area contributed by atoms with Gasteiger partial charge in [0.25, 0.3) is 0 Å². The first-order chi connectivity index (χ1) is 10.8. The Kier molecular flexibility index (Phi) is 6.49. The van der Waals surface area contributed by atoms with Gasteiger partial charge in [0.2, 0.25) is 0 Å². The third-order valence-corrected chi connectivity index (χ3v) is 3.25. The van der Waals surface area contributed by atoms with Gasteiger partial charge in [-0.25, -0.2) is 0 Å². The van der Waals surface area contributed by atoms with Crippen LogP contribution in [0.15, 0.2) is 16.4 Å². The summed E-state index contributed by atoms with van der Waals surface area (Å²) in [5, 5.41) is 52.5.